The molecule has 27 nitrogen and oxygen atoms in total. The number of amides is 2. The minimum Gasteiger partial charge on any atom is -0.480 e. The van der Waals surface area contributed by atoms with Gasteiger partial charge in [-0.15, -0.1) is 0 Å². The van der Waals surface area contributed by atoms with Crippen LogP contribution >= 0.6 is 7.82 Å². The number of imidazole rings is 1. The molecular weight excluding hydrogens is 852 g/mol. The highest BCUT2D eigenvalue weighted by Gasteiger charge is 2.46. The number of carboxylic acids is 2. The predicted octanol–water partition coefficient (Wildman–Crippen LogP) is -1.86. The number of halogens is 1. The first-order valence-corrected chi connectivity index (χ1v) is 19.5. The van der Waals surface area contributed by atoms with Crippen molar-refractivity contribution in [2.45, 2.75) is 69.0 Å². The van der Waals surface area contributed by atoms with E-state index in [2.05, 4.69) is 50.8 Å². The highest BCUT2D eigenvalue weighted by molar-refractivity contribution is 7.47. The minimum absolute atomic E-state index is 0.0134. The Morgan fingerprint density at radius 1 is 1.02 bits per heavy atom. The topological polar surface area (TPSA) is 417 Å². The van der Waals surface area contributed by atoms with Crippen molar-refractivity contribution in [3.8, 4) is 0 Å². The van der Waals surface area contributed by atoms with Crippen LogP contribution in [0.5, 0.6) is 0 Å². The third-order valence-electron chi connectivity index (χ3n) is 9.16. The molecule has 0 bridgehead atoms. The number of aromatic amines is 1. The molecule has 13 N–H and O–H groups in total. The summed E-state index contributed by atoms with van der Waals surface area (Å²) in [7, 11) is -5.18. The lowest BCUT2D eigenvalue weighted by Crippen LogP contribution is -2.49. The number of aromatic nitrogens is 8. The summed E-state index contributed by atoms with van der Waals surface area (Å²) < 4.78 is 43.1. The van der Waals surface area contributed by atoms with Crippen molar-refractivity contribution in [3.05, 3.63) is 64.5 Å². The van der Waals surface area contributed by atoms with Gasteiger partial charge in [-0.3, -0.25) is 33.0 Å². The molecule has 0 aliphatic carbocycles. The molecule has 6 rings (SSSR count). The summed E-state index contributed by atoms with van der Waals surface area (Å²) in [5.41, 5.74) is 11.4. The zero-order valence-corrected chi connectivity index (χ0v) is 32.7. The lowest BCUT2D eigenvalue weighted by Gasteiger charge is -2.24. The van der Waals surface area contributed by atoms with E-state index in [4.69, 9.17) is 25.3 Å². The van der Waals surface area contributed by atoms with Gasteiger partial charge in [-0.2, -0.15) is 19.3 Å². The molecule has 330 valence electrons. The van der Waals surface area contributed by atoms with E-state index in [0.29, 0.717) is 11.4 Å². The van der Waals surface area contributed by atoms with Gasteiger partial charge < -0.3 is 57.5 Å². The quantitative estimate of drug-likeness (QED) is 0.0339. The van der Waals surface area contributed by atoms with Crippen molar-refractivity contribution in [1.29, 1.82) is 0 Å². The number of nitrogen functional groups attached to an aromatic ring is 2. The fourth-order valence-corrected chi connectivity index (χ4v) is 6.99. The average Bonchev–Trinajstić information content (AvgIpc) is 3.75. The average molecular weight is 890 g/mol. The highest BCUT2D eigenvalue weighted by Crippen LogP contribution is 2.46. The third kappa shape index (κ3) is 10.4. The molecule has 1 fully saturated rings. The number of aliphatic carboxylic acids is 2. The molecule has 4 aromatic heterocycles. The van der Waals surface area contributed by atoms with Gasteiger partial charge in [0.15, 0.2) is 40.4 Å². The third-order valence-corrected chi connectivity index (χ3v) is 10.2. The number of aliphatic hydroxyl groups excluding tert-OH is 2. The molecule has 1 saturated heterocycles. The Kier molecular flexibility index (Phi) is 13.3. The van der Waals surface area contributed by atoms with Gasteiger partial charge in [0.1, 0.15) is 24.4 Å². The molecule has 5 heterocycles. The first-order chi connectivity index (χ1) is 29.3. The lowest BCUT2D eigenvalue weighted by molar-refractivity contribution is -0.145. The van der Waals surface area contributed by atoms with Crippen LogP contribution in [0, 0.1) is 6.08 Å². The van der Waals surface area contributed by atoms with Crippen LogP contribution < -0.4 is 33.0 Å². The molecule has 5 aromatic rings. The molecule has 29 heteroatoms. The van der Waals surface area contributed by atoms with Gasteiger partial charge in [-0.05, 0) is 37.6 Å². The number of aliphatic hydroxyl groups is 2. The second-order valence-corrected chi connectivity index (χ2v) is 14.9. The number of carboxylic acid groups (broad SMARTS) is 2. The number of rotatable bonds is 18. The summed E-state index contributed by atoms with van der Waals surface area (Å²) in [6, 6.07) is 2.21. The van der Waals surface area contributed by atoms with Gasteiger partial charge in [-0.25, -0.2) is 29.1 Å². The van der Waals surface area contributed by atoms with E-state index in [1.165, 1.54) is 30.5 Å². The minimum atomic E-state index is -5.18. The van der Waals surface area contributed by atoms with Crippen molar-refractivity contribution in [2.75, 3.05) is 23.4 Å². The number of H-pyrrole nitrogens is 1. The first kappa shape index (κ1) is 44.7. The summed E-state index contributed by atoms with van der Waals surface area (Å²) >= 11 is 0. The number of nitrogens with zero attached hydrogens (tertiary/aromatic N) is 7. The molecule has 2 amide bonds. The number of hydrogen-bond donors (Lipinski definition) is 11. The fourth-order valence-electron chi connectivity index (χ4n) is 6.05. The number of nitrogens with one attached hydrogen (secondary N) is 4. The van der Waals surface area contributed by atoms with Crippen LogP contribution in [0.2, 0.25) is 0 Å². The number of benzene rings is 1. The van der Waals surface area contributed by atoms with Gasteiger partial charge in [0.2, 0.25) is 11.9 Å². The Morgan fingerprint density at radius 2 is 1.74 bits per heavy atom. The van der Waals surface area contributed by atoms with E-state index in [9.17, 15) is 58.2 Å². The number of phosphoric ester groups is 1. The Labute approximate surface area is 345 Å². The van der Waals surface area contributed by atoms with Crippen LogP contribution in [0.4, 0.5) is 21.8 Å². The van der Waals surface area contributed by atoms with Crippen molar-refractivity contribution < 1.29 is 67.2 Å². The van der Waals surface area contributed by atoms with E-state index < -0.39 is 105 Å². The molecule has 0 saturated carbocycles. The van der Waals surface area contributed by atoms with Crippen molar-refractivity contribution in [2.24, 2.45) is 0 Å². The van der Waals surface area contributed by atoms with E-state index in [1.54, 1.807) is 0 Å². The molecule has 62 heavy (non-hydrogen) atoms. The number of nitrogens with two attached hydrogens (primary N) is 2. The number of phosphoric acid groups is 1. The summed E-state index contributed by atoms with van der Waals surface area (Å²) in [6.07, 6.45) is -8.04. The van der Waals surface area contributed by atoms with Crippen LogP contribution in [0.15, 0.2) is 41.6 Å². The molecule has 1 aliphatic heterocycles. The Bertz CT molecular complexity index is 2620. The monoisotopic (exact) mass is 889 g/mol. The van der Waals surface area contributed by atoms with Gasteiger partial charge in [0.05, 0.1) is 37.5 Å². The largest absolute Gasteiger partial charge is 0.480 e. The second kappa shape index (κ2) is 18.4. The van der Waals surface area contributed by atoms with Crippen molar-refractivity contribution in [1.82, 2.24) is 50.1 Å². The van der Waals surface area contributed by atoms with Crippen LogP contribution in [0.1, 0.15) is 42.0 Å². The van der Waals surface area contributed by atoms with Gasteiger partial charge in [0.25, 0.3) is 11.5 Å². The van der Waals surface area contributed by atoms with Crippen LogP contribution in [0.3, 0.4) is 0 Å². The van der Waals surface area contributed by atoms with Gasteiger partial charge in [-0.1, -0.05) is 0 Å². The summed E-state index contributed by atoms with van der Waals surface area (Å²) in [5, 5.41) is 48.0. The summed E-state index contributed by atoms with van der Waals surface area (Å²) in [5.74, 6) is -5.49. The molecule has 5 unspecified atom stereocenters. The van der Waals surface area contributed by atoms with E-state index in [-0.39, 0.29) is 46.2 Å². The highest BCUT2D eigenvalue weighted by atomic mass is 31.2. The molecule has 1 aromatic carbocycles. The molecule has 8 atom stereocenters. The summed E-state index contributed by atoms with van der Waals surface area (Å²) in [4.78, 5) is 97.5. The lowest BCUT2D eigenvalue weighted by atomic mass is 10.1. The Hall–Kier alpha value is -6.81. The number of carbonyl (C=O) groups is 4. The number of anilines is 3. The van der Waals surface area contributed by atoms with E-state index in [0.717, 1.165) is 17.8 Å². The van der Waals surface area contributed by atoms with Crippen LogP contribution in [0.25, 0.3) is 22.3 Å². The maximum absolute atomic E-state index is 13.8. The molecule has 1 aliphatic rings. The molecule has 0 spiro atoms. The zero-order valence-electron chi connectivity index (χ0n) is 31.9. The maximum Gasteiger partial charge on any atom is 0.472 e. The fraction of sp³-hybridized carbons (Fsp3) is 0.364. The Balaban J connectivity index is 0.971. The van der Waals surface area contributed by atoms with Crippen molar-refractivity contribution >= 4 is 71.4 Å². The second-order valence-electron chi connectivity index (χ2n) is 13.5. The number of carbonyl (C=O) groups excluding carboxylic acids is 2. The van der Waals surface area contributed by atoms with Gasteiger partial charge in [0, 0.05) is 17.7 Å². The normalized spacial score (nSPS) is 20.0. The SMILES string of the molecule is CC(OP(=O)(O)OC[C@H]1O[C@@H](n2cnc3c(N)nc(F)nc32)C(O)[C@H]1O)C(NC(=O)CCC(NC(=O)c1ccc(NCc2cnc3nc(N)[nH]c(=O)c3n2)cc1)C(=O)O)C(=O)O. The number of ether oxygens (including phenoxy) is 1. The standard InChI is InChI=1S/C33H37FN13O14P/c1-12(61-62(57,58)59-10-17-22(49)23(50)29(60-17)47-11-39-20-24(35)43-32(34)45-26(20)47)19(31(55)56)42-18(48)7-6-16(30(53)54)41-27(51)13-2-4-14(5-3-13)37-8-15-9-38-25-21(40-15)28(52)46-33(36)44-25/h2-5,9,11-12,16-17,19,22-23,29,37,49-50H,6-8,10H2,1H3,(H,41,51)(H,42,48)(H,53,54)(H,55,56)(H,57,58)(H2,35,43,45)(H3,36,38,44,46,52)/t12?,16?,17-,19?,22+,23?,29-/m1/s1. The number of fused-ring (bicyclic) bond motifs is 2. The van der Waals surface area contributed by atoms with Crippen molar-refractivity contribution in [3.63, 3.8) is 0 Å². The van der Waals surface area contributed by atoms with E-state index in [1.807, 2.05) is 0 Å². The van der Waals surface area contributed by atoms with Crippen LogP contribution in [-0.4, -0.2) is 132 Å². The molecular formula is C33H37FN13O14P. The maximum atomic E-state index is 13.8. The smallest absolute Gasteiger partial charge is 0.472 e. The molecule has 0 radical (unpaired) electrons. The van der Waals surface area contributed by atoms with Gasteiger partial charge >= 0.3 is 25.8 Å². The Morgan fingerprint density at radius 3 is 2.44 bits per heavy atom. The van der Waals surface area contributed by atoms with E-state index >= 15 is 0 Å². The van der Waals surface area contributed by atoms with Crippen LogP contribution in [-0.2, 0) is 39.3 Å². The zero-order chi connectivity index (χ0) is 45.0. The summed E-state index contributed by atoms with van der Waals surface area (Å²) in [6.45, 7) is 0.237. The number of hydrogen-bond acceptors (Lipinski definition) is 20. The predicted molar refractivity (Wildman–Crippen MR) is 206 cm³/mol. The first-order valence-electron chi connectivity index (χ1n) is 18.0.